The van der Waals surface area contributed by atoms with Crippen LogP contribution in [-0.4, -0.2) is 67.3 Å². The molecular formula is C16H33N3O. The number of nitrogens with zero attached hydrogens (tertiary/aromatic N) is 2. The van der Waals surface area contributed by atoms with Crippen molar-refractivity contribution >= 4 is 0 Å². The first-order valence-electron chi connectivity index (χ1n) is 8.42. The standard InChI is InChI=1S/C16H33N3O/c1-4-6-15-11-16(13-17,7-10-20-15)19-9-8-18(3)14(5-2)12-19/h14-15H,4-13,17H2,1-3H3. The first kappa shape index (κ1) is 16.2. The molecule has 2 N–H and O–H groups in total. The molecule has 3 atom stereocenters. The molecule has 0 aliphatic carbocycles. The van der Waals surface area contributed by atoms with Crippen molar-refractivity contribution in [2.45, 2.75) is 63.6 Å². The molecule has 2 saturated heterocycles. The van der Waals surface area contributed by atoms with E-state index < -0.39 is 0 Å². The average molecular weight is 283 g/mol. The second-order valence-electron chi connectivity index (χ2n) is 6.65. The van der Waals surface area contributed by atoms with Gasteiger partial charge in [0.2, 0.25) is 0 Å². The summed E-state index contributed by atoms with van der Waals surface area (Å²) < 4.78 is 5.95. The highest BCUT2D eigenvalue weighted by Crippen LogP contribution is 2.33. The van der Waals surface area contributed by atoms with Gasteiger partial charge in [0.25, 0.3) is 0 Å². The molecule has 118 valence electrons. The minimum Gasteiger partial charge on any atom is -0.378 e. The Morgan fingerprint density at radius 2 is 2.10 bits per heavy atom. The summed E-state index contributed by atoms with van der Waals surface area (Å²) in [6, 6.07) is 0.680. The summed E-state index contributed by atoms with van der Waals surface area (Å²) in [5.41, 5.74) is 6.43. The number of nitrogens with two attached hydrogens (primary N) is 1. The van der Waals surface area contributed by atoms with Crippen LogP contribution >= 0.6 is 0 Å². The molecule has 0 saturated carbocycles. The van der Waals surface area contributed by atoms with Crippen LogP contribution < -0.4 is 5.73 Å². The van der Waals surface area contributed by atoms with E-state index in [1.54, 1.807) is 0 Å². The molecule has 0 spiro atoms. The average Bonchev–Trinajstić information content (AvgIpc) is 2.48. The van der Waals surface area contributed by atoms with Gasteiger partial charge in [0.1, 0.15) is 0 Å². The van der Waals surface area contributed by atoms with Gasteiger partial charge in [0, 0.05) is 44.4 Å². The summed E-state index contributed by atoms with van der Waals surface area (Å²) in [5.74, 6) is 0. The Labute approximate surface area is 124 Å². The molecule has 2 aliphatic heterocycles. The fraction of sp³-hybridized carbons (Fsp3) is 1.00. The fourth-order valence-electron chi connectivity index (χ4n) is 3.93. The number of likely N-dealkylation sites (N-methyl/N-ethyl adjacent to an activating group) is 1. The third-order valence-corrected chi connectivity index (χ3v) is 5.44. The molecule has 2 heterocycles. The zero-order valence-corrected chi connectivity index (χ0v) is 13.6. The van der Waals surface area contributed by atoms with Crippen molar-refractivity contribution in [3.05, 3.63) is 0 Å². The van der Waals surface area contributed by atoms with Crippen LogP contribution in [0.25, 0.3) is 0 Å². The lowest BCUT2D eigenvalue weighted by Crippen LogP contribution is -2.64. The lowest BCUT2D eigenvalue weighted by Gasteiger charge is -2.52. The van der Waals surface area contributed by atoms with E-state index in [-0.39, 0.29) is 5.54 Å². The van der Waals surface area contributed by atoms with Gasteiger partial charge in [-0.3, -0.25) is 4.90 Å². The molecule has 3 unspecified atom stereocenters. The van der Waals surface area contributed by atoms with Crippen molar-refractivity contribution in [2.24, 2.45) is 5.73 Å². The molecule has 0 aromatic heterocycles. The molecule has 2 aliphatic rings. The highest BCUT2D eigenvalue weighted by atomic mass is 16.5. The Bertz CT molecular complexity index is 297. The third kappa shape index (κ3) is 3.35. The molecule has 20 heavy (non-hydrogen) atoms. The lowest BCUT2D eigenvalue weighted by atomic mass is 9.82. The number of piperazine rings is 1. The minimum absolute atomic E-state index is 0.187. The number of rotatable bonds is 5. The van der Waals surface area contributed by atoms with Gasteiger partial charge in [-0.1, -0.05) is 20.3 Å². The van der Waals surface area contributed by atoms with Crippen LogP contribution in [0.4, 0.5) is 0 Å². The maximum absolute atomic E-state index is 6.24. The van der Waals surface area contributed by atoms with E-state index in [1.165, 1.54) is 32.4 Å². The molecule has 0 amide bonds. The summed E-state index contributed by atoms with van der Waals surface area (Å²) in [6.07, 6.45) is 6.24. The largest absolute Gasteiger partial charge is 0.378 e. The summed E-state index contributed by atoms with van der Waals surface area (Å²) >= 11 is 0. The molecule has 4 nitrogen and oxygen atoms in total. The van der Waals surface area contributed by atoms with Crippen LogP contribution in [0.3, 0.4) is 0 Å². The molecule has 0 aromatic rings. The van der Waals surface area contributed by atoms with Crippen molar-refractivity contribution in [1.82, 2.24) is 9.80 Å². The first-order valence-corrected chi connectivity index (χ1v) is 8.42. The summed E-state index contributed by atoms with van der Waals surface area (Å²) in [6.45, 7) is 9.68. The Kier molecular flexibility index (Phi) is 5.84. The second-order valence-corrected chi connectivity index (χ2v) is 6.65. The highest BCUT2D eigenvalue weighted by molar-refractivity contribution is 4.99. The van der Waals surface area contributed by atoms with E-state index in [9.17, 15) is 0 Å². The molecule has 4 heteroatoms. The Balaban J connectivity index is 2.06. The predicted octanol–water partition coefficient (Wildman–Crippen LogP) is 1.69. The summed E-state index contributed by atoms with van der Waals surface area (Å²) in [7, 11) is 2.25. The molecular weight excluding hydrogens is 250 g/mol. The maximum atomic E-state index is 6.24. The van der Waals surface area contributed by atoms with Crippen molar-refractivity contribution < 1.29 is 4.74 Å². The molecule has 2 fully saturated rings. The van der Waals surface area contributed by atoms with Gasteiger partial charge < -0.3 is 15.4 Å². The van der Waals surface area contributed by atoms with Crippen molar-refractivity contribution in [2.75, 3.05) is 39.8 Å². The smallest absolute Gasteiger partial charge is 0.0593 e. The van der Waals surface area contributed by atoms with Crippen molar-refractivity contribution in [3.8, 4) is 0 Å². The molecule has 2 rings (SSSR count). The van der Waals surface area contributed by atoms with Crippen LogP contribution in [-0.2, 0) is 4.74 Å². The predicted molar refractivity (Wildman–Crippen MR) is 83.9 cm³/mol. The van der Waals surface area contributed by atoms with E-state index in [0.29, 0.717) is 12.1 Å². The third-order valence-electron chi connectivity index (χ3n) is 5.44. The monoisotopic (exact) mass is 283 g/mol. The van der Waals surface area contributed by atoms with Gasteiger partial charge in [0.15, 0.2) is 0 Å². The minimum atomic E-state index is 0.187. The van der Waals surface area contributed by atoms with Gasteiger partial charge in [0.05, 0.1) is 6.10 Å². The van der Waals surface area contributed by atoms with Crippen LogP contribution in [0.1, 0.15) is 46.0 Å². The Morgan fingerprint density at radius 1 is 1.30 bits per heavy atom. The number of ether oxygens (including phenoxy) is 1. The zero-order valence-electron chi connectivity index (χ0n) is 13.6. The van der Waals surface area contributed by atoms with E-state index in [4.69, 9.17) is 10.5 Å². The summed E-state index contributed by atoms with van der Waals surface area (Å²) in [5, 5.41) is 0. The quantitative estimate of drug-likeness (QED) is 0.834. The van der Waals surface area contributed by atoms with E-state index in [0.717, 1.165) is 32.5 Å². The molecule has 0 aromatic carbocycles. The number of hydrogen-bond donors (Lipinski definition) is 1. The SMILES string of the molecule is CCCC1CC(CN)(N2CCN(C)C(CC)C2)CCO1. The van der Waals surface area contributed by atoms with Crippen molar-refractivity contribution in [1.29, 1.82) is 0 Å². The number of hydrogen-bond acceptors (Lipinski definition) is 4. The Hall–Kier alpha value is -0.160. The first-order chi connectivity index (χ1) is 9.65. The van der Waals surface area contributed by atoms with Gasteiger partial charge in [-0.15, -0.1) is 0 Å². The fourth-order valence-corrected chi connectivity index (χ4v) is 3.93. The van der Waals surface area contributed by atoms with Gasteiger partial charge in [-0.25, -0.2) is 0 Å². The topological polar surface area (TPSA) is 41.7 Å². The maximum Gasteiger partial charge on any atom is 0.0593 e. The normalized spacial score (nSPS) is 37.2. The zero-order chi connectivity index (χ0) is 14.6. The van der Waals surface area contributed by atoms with E-state index in [1.807, 2.05) is 0 Å². The molecule has 0 bridgehead atoms. The highest BCUT2D eigenvalue weighted by Gasteiger charge is 2.42. The van der Waals surface area contributed by atoms with Gasteiger partial charge >= 0.3 is 0 Å². The summed E-state index contributed by atoms with van der Waals surface area (Å²) in [4.78, 5) is 5.19. The molecule has 0 radical (unpaired) electrons. The van der Waals surface area contributed by atoms with E-state index >= 15 is 0 Å². The Morgan fingerprint density at radius 3 is 2.75 bits per heavy atom. The van der Waals surface area contributed by atoms with Crippen LogP contribution in [0.2, 0.25) is 0 Å². The van der Waals surface area contributed by atoms with Crippen LogP contribution in [0.15, 0.2) is 0 Å². The van der Waals surface area contributed by atoms with Crippen LogP contribution in [0, 0.1) is 0 Å². The van der Waals surface area contributed by atoms with Gasteiger partial charge in [-0.05, 0) is 32.7 Å². The second kappa shape index (κ2) is 7.21. The lowest BCUT2D eigenvalue weighted by molar-refractivity contribution is -0.0902. The van der Waals surface area contributed by atoms with Crippen molar-refractivity contribution in [3.63, 3.8) is 0 Å². The van der Waals surface area contributed by atoms with Crippen LogP contribution in [0.5, 0.6) is 0 Å². The van der Waals surface area contributed by atoms with E-state index in [2.05, 4.69) is 30.7 Å². The van der Waals surface area contributed by atoms with Gasteiger partial charge in [-0.2, -0.15) is 0 Å².